The molecule has 1 N–H and O–H groups in total. The third kappa shape index (κ3) is 2.70. The Kier molecular flexibility index (Phi) is 3.35. The molecule has 0 radical (unpaired) electrons. The average molecular weight is 166 g/mol. The van der Waals surface area contributed by atoms with Gasteiger partial charge in [-0.15, -0.1) is 0 Å². The normalized spacial score (nSPS) is 13.2. The third-order valence-corrected chi connectivity index (χ3v) is 2.16. The second-order valence-electron chi connectivity index (χ2n) is 3.38. The van der Waals surface area contributed by atoms with Gasteiger partial charge in [0, 0.05) is 32.0 Å². The summed E-state index contributed by atoms with van der Waals surface area (Å²) < 4.78 is 2.08. The van der Waals surface area contributed by atoms with E-state index in [1.165, 1.54) is 12.0 Å². The molecule has 0 spiro atoms. The van der Waals surface area contributed by atoms with E-state index in [4.69, 9.17) is 0 Å². The quantitative estimate of drug-likeness (QED) is 0.723. The Balaban J connectivity index is 2.33. The highest BCUT2D eigenvalue weighted by Gasteiger charge is 1.98. The van der Waals surface area contributed by atoms with Gasteiger partial charge in [-0.25, -0.2) is 0 Å². The van der Waals surface area contributed by atoms with Gasteiger partial charge in [0.1, 0.15) is 0 Å². The van der Waals surface area contributed by atoms with Crippen LogP contribution in [-0.2, 0) is 13.6 Å². The van der Waals surface area contributed by atoms with E-state index in [0.29, 0.717) is 6.04 Å². The van der Waals surface area contributed by atoms with Crippen LogP contribution in [0.1, 0.15) is 25.8 Å². The van der Waals surface area contributed by atoms with E-state index < -0.39 is 0 Å². The van der Waals surface area contributed by atoms with Crippen molar-refractivity contribution in [1.29, 1.82) is 0 Å². The summed E-state index contributed by atoms with van der Waals surface area (Å²) in [5, 5.41) is 3.45. The van der Waals surface area contributed by atoms with Gasteiger partial charge in [-0.2, -0.15) is 0 Å². The number of aromatic nitrogens is 1. The average Bonchev–Trinajstić information content (AvgIpc) is 2.47. The van der Waals surface area contributed by atoms with E-state index in [1.54, 1.807) is 0 Å². The Morgan fingerprint density at radius 2 is 2.33 bits per heavy atom. The first-order valence-electron chi connectivity index (χ1n) is 4.56. The molecule has 12 heavy (non-hydrogen) atoms. The molecule has 0 saturated carbocycles. The lowest BCUT2D eigenvalue weighted by Gasteiger charge is -2.09. The number of nitrogens with one attached hydrogen (secondary N) is 1. The number of rotatable bonds is 4. The molecule has 1 heterocycles. The smallest absolute Gasteiger partial charge is 0.0223 e. The van der Waals surface area contributed by atoms with Crippen LogP contribution in [0.5, 0.6) is 0 Å². The number of hydrogen-bond donors (Lipinski definition) is 1. The van der Waals surface area contributed by atoms with Crippen molar-refractivity contribution < 1.29 is 0 Å². The molecule has 1 rings (SSSR count). The van der Waals surface area contributed by atoms with E-state index in [-0.39, 0.29) is 0 Å². The summed E-state index contributed by atoms with van der Waals surface area (Å²) in [5.74, 6) is 0. The van der Waals surface area contributed by atoms with Crippen LogP contribution in [-0.4, -0.2) is 10.6 Å². The molecule has 1 aromatic heterocycles. The van der Waals surface area contributed by atoms with Crippen molar-refractivity contribution in [1.82, 2.24) is 9.88 Å². The predicted molar refractivity (Wildman–Crippen MR) is 52.0 cm³/mol. The van der Waals surface area contributed by atoms with Gasteiger partial charge in [-0.1, -0.05) is 6.92 Å². The zero-order chi connectivity index (χ0) is 8.97. The van der Waals surface area contributed by atoms with Crippen molar-refractivity contribution in [2.45, 2.75) is 32.9 Å². The van der Waals surface area contributed by atoms with Crippen LogP contribution >= 0.6 is 0 Å². The van der Waals surface area contributed by atoms with Crippen molar-refractivity contribution in [2.24, 2.45) is 7.05 Å². The molecule has 1 aromatic rings. The lowest BCUT2D eigenvalue weighted by atomic mass is 10.2. The van der Waals surface area contributed by atoms with Crippen LogP contribution in [0.4, 0.5) is 0 Å². The molecule has 0 aromatic carbocycles. The second-order valence-corrected chi connectivity index (χ2v) is 3.38. The molecule has 0 aliphatic heterocycles. The number of nitrogens with zero attached hydrogens (tertiary/aromatic N) is 1. The zero-order valence-corrected chi connectivity index (χ0v) is 8.17. The van der Waals surface area contributed by atoms with Gasteiger partial charge >= 0.3 is 0 Å². The number of aryl methyl sites for hydroxylation is 1. The standard InChI is InChI=1S/C10H18N2/c1-4-9(2)11-7-10-5-6-12(3)8-10/h5-6,8-9,11H,4,7H2,1-3H3. The molecule has 2 heteroatoms. The monoisotopic (exact) mass is 166 g/mol. The minimum absolute atomic E-state index is 0.616. The maximum atomic E-state index is 3.45. The van der Waals surface area contributed by atoms with Gasteiger partial charge < -0.3 is 9.88 Å². The molecule has 2 nitrogen and oxygen atoms in total. The first kappa shape index (κ1) is 9.33. The van der Waals surface area contributed by atoms with E-state index in [0.717, 1.165) is 6.54 Å². The van der Waals surface area contributed by atoms with Crippen molar-refractivity contribution in [3.05, 3.63) is 24.0 Å². The molecule has 0 saturated heterocycles. The van der Waals surface area contributed by atoms with E-state index >= 15 is 0 Å². The highest BCUT2D eigenvalue weighted by atomic mass is 14.9. The molecule has 0 aliphatic carbocycles. The van der Waals surface area contributed by atoms with E-state index in [1.807, 2.05) is 7.05 Å². The highest BCUT2D eigenvalue weighted by molar-refractivity contribution is 5.09. The predicted octanol–water partition coefficient (Wildman–Crippen LogP) is 1.91. The molecule has 0 bridgehead atoms. The van der Waals surface area contributed by atoms with Crippen LogP contribution in [0, 0.1) is 0 Å². The minimum atomic E-state index is 0.616. The topological polar surface area (TPSA) is 17.0 Å². The fourth-order valence-corrected chi connectivity index (χ4v) is 1.10. The zero-order valence-electron chi connectivity index (χ0n) is 8.17. The second kappa shape index (κ2) is 4.31. The van der Waals surface area contributed by atoms with Gasteiger partial charge in [0.2, 0.25) is 0 Å². The van der Waals surface area contributed by atoms with Crippen molar-refractivity contribution in [2.75, 3.05) is 0 Å². The van der Waals surface area contributed by atoms with E-state index in [9.17, 15) is 0 Å². The minimum Gasteiger partial charge on any atom is -0.357 e. The van der Waals surface area contributed by atoms with Gasteiger partial charge in [0.05, 0.1) is 0 Å². The number of hydrogen-bond acceptors (Lipinski definition) is 1. The van der Waals surface area contributed by atoms with Crippen LogP contribution < -0.4 is 5.32 Å². The Bertz CT molecular complexity index is 227. The summed E-state index contributed by atoms with van der Waals surface area (Å²) in [6.07, 6.45) is 5.41. The maximum absolute atomic E-state index is 3.45. The summed E-state index contributed by atoms with van der Waals surface area (Å²) in [4.78, 5) is 0. The molecule has 0 amide bonds. The van der Waals surface area contributed by atoms with Crippen LogP contribution in [0.25, 0.3) is 0 Å². The maximum Gasteiger partial charge on any atom is 0.0223 e. The largest absolute Gasteiger partial charge is 0.357 e. The summed E-state index contributed by atoms with van der Waals surface area (Å²) >= 11 is 0. The summed E-state index contributed by atoms with van der Waals surface area (Å²) in [6, 6.07) is 2.76. The highest BCUT2D eigenvalue weighted by Crippen LogP contribution is 1.99. The summed E-state index contributed by atoms with van der Waals surface area (Å²) in [5.41, 5.74) is 1.36. The first-order chi connectivity index (χ1) is 5.72. The molecular weight excluding hydrogens is 148 g/mol. The Hall–Kier alpha value is -0.760. The Morgan fingerprint density at radius 1 is 1.58 bits per heavy atom. The van der Waals surface area contributed by atoms with Crippen LogP contribution in [0.15, 0.2) is 18.5 Å². The fourth-order valence-electron chi connectivity index (χ4n) is 1.10. The fraction of sp³-hybridized carbons (Fsp3) is 0.600. The molecule has 68 valence electrons. The molecule has 0 aliphatic rings. The molecule has 1 unspecified atom stereocenters. The van der Waals surface area contributed by atoms with Crippen LogP contribution in [0.2, 0.25) is 0 Å². The molecule has 0 fully saturated rings. The lowest BCUT2D eigenvalue weighted by Crippen LogP contribution is -2.24. The lowest BCUT2D eigenvalue weighted by molar-refractivity contribution is 0.534. The van der Waals surface area contributed by atoms with Gasteiger partial charge in [-0.3, -0.25) is 0 Å². The van der Waals surface area contributed by atoms with Crippen molar-refractivity contribution >= 4 is 0 Å². The van der Waals surface area contributed by atoms with Crippen molar-refractivity contribution in [3.8, 4) is 0 Å². The Morgan fingerprint density at radius 3 is 2.83 bits per heavy atom. The Labute approximate surface area is 74.6 Å². The van der Waals surface area contributed by atoms with Crippen molar-refractivity contribution in [3.63, 3.8) is 0 Å². The summed E-state index contributed by atoms with van der Waals surface area (Å²) in [7, 11) is 2.05. The summed E-state index contributed by atoms with van der Waals surface area (Å²) in [6.45, 7) is 5.39. The van der Waals surface area contributed by atoms with E-state index in [2.05, 4.69) is 42.2 Å². The van der Waals surface area contributed by atoms with Gasteiger partial charge in [0.15, 0.2) is 0 Å². The van der Waals surface area contributed by atoms with Gasteiger partial charge in [0.25, 0.3) is 0 Å². The molecular formula is C10H18N2. The van der Waals surface area contributed by atoms with Crippen LogP contribution in [0.3, 0.4) is 0 Å². The SMILES string of the molecule is CCC(C)NCc1ccn(C)c1. The third-order valence-electron chi connectivity index (χ3n) is 2.16. The molecule has 1 atom stereocenters. The first-order valence-corrected chi connectivity index (χ1v) is 4.56. The van der Waals surface area contributed by atoms with Gasteiger partial charge in [-0.05, 0) is 25.0 Å².